The first-order valence-corrected chi connectivity index (χ1v) is 5.67. The van der Waals surface area contributed by atoms with Gasteiger partial charge in [-0.25, -0.2) is 0 Å². The van der Waals surface area contributed by atoms with Crippen molar-refractivity contribution in [2.75, 3.05) is 6.54 Å². The Hall–Kier alpha value is -1.10. The Morgan fingerprint density at radius 1 is 1.50 bits per heavy atom. The summed E-state index contributed by atoms with van der Waals surface area (Å²) in [4.78, 5) is 22.8. The molecule has 0 saturated carbocycles. The van der Waals surface area contributed by atoms with Gasteiger partial charge in [0.25, 0.3) is 0 Å². The van der Waals surface area contributed by atoms with Gasteiger partial charge in [0, 0.05) is 0 Å². The largest absolute Gasteiger partial charge is 0.368 e. The topological polar surface area (TPSA) is 84.2 Å². The van der Waals surface area contributed by atoms with Gasteiger partial charge in [-0.15, -0.1) is 0 Å². The predicted molar refractivity (Wildman–Crippen MR) is 61.6 cm³/mol. The van der Waals surface area contributed by atoms with Gasteiger partial charge < -0.3 is 16.4 Å². The number of amides is 2. The van der Waals surface area contributed by atoms with Crippen LogP contribution in [0.25, 0.3) is 0 Å². The summed E-state index contributed by atoms with van der Waals surface area (Å²) in [6.45, 7) is 6.54. The van der Waals surface area contributed by atoms with Gasteiger partial charge in [0.1, 0.15) is 6.04 Å². The van der Waals surface area contributed by atoms with Crippen LogP contribution in [0.5, 0.6) is 0 Å². The second-order valence-electron chi connectivity index (χ2n) is 5.11. The summed E-state index contributed by atoms with van der Waals surface area (Å²) in [5, 5.41) is 5.82. The minimum absolute atomic E-state index is 0.0836. The molecule has 0 aromatic heterocycles. The van der Waals surface area contributed by atoms with E-state index in [1.54, 1.807) is 6.92 Å². The summed E-state index contributed by atoms with van der Waals surface area (Å²) < 4.78 is 0. The number of nitrogens with one attached hydrogen (secondary N) is 2. The van der Waals surface area contributed by atoms with Gasteiger partial charge in [-0.1, -0.05) is 13.8 Å². The van der Waals surface area contributed by atoms with Crippen molar-refractivity contribution in [3.05, 3.63) is 0 Å². The highest BCUT2D eigenvalue weighted by Crippen LogP contribution is 2.30. The summed E-state index contributed by atoms with van der Waals surface area (Å²) in [5.74, 6) is -0.655. The van der Waals surface area contributed by atoms with Crippen LogP contribution in [0, 0.1) is 5.41 Å². The third-order valence-electron chi connectivity index (χ3n) is 3.18. The fourth-order valence-electron chi connectivity index (χ4n) is 2.03. The molecule has 0 bridgehead atoms. The second kappa shape index (κ2) is 4.82. The first kappa shape index (κ1) is 13.0. The minimum Gasteiger partial charge on any atom is -0.368 e. The summed E-state index contributed by atoms with van der Waals surface area (Å²) in [5.41, 5.74) is 5.02. The van der Waals surface area contributed by atoms with Crippen LogP contribution >= 0.6 is 0 Å². The van der Waals surface area contributed by atoms with Crippen molar-refractivity contribution in [3.8, 4) is 0 Å². The maximum Gasteiger partial charge on any atom is 0.239 e. The first-order valence-electron chi connectivity index (χ1n) is 5.67. The molecule has 16 heavy (non-hydrogen) atoms. The second-order valence-corrected chi connectivity index (χ2v) is 5.11. The van der Waals surface area contributed by atoms with Crippen LogP contribution in [0.1, 0.15) is 33.6 Å². The number of carbonyl (C=O) groups is 2. The number of primary amides is 1. The summed E-state index contributed by atoms with van der Waals surface area (Å²) in [6.07, 6.45) is 2.07. The van der Waals surface area contributed by atoms with Crippen LogP contribution < -0.4 is 16.4 Å². The van der Waals surface area contributed by atoms with Crippen molar-refractivity contribution in [1.82, 2.24) is 10.6 Å². The Morgan fingerprint density at radius 2 is 2.12 bits per heavy atom. The van der Waals surface area contributed by atoms with Crippen molar-refractivity contribution >= 4 is 11.8 Å². The maximum absolute atomic E-state index is 11.9. The van der Waals surface area contributed by atoms with E-state index in [-0.39, 0.29) is 17.4 Å². The van der Waals surface area contributed by atoms with E-state index >= 15 is 0 Å². The van der Waals surface area contributed by atoms with E-state index in [0.717, 1.165) is 19.4 Å². The number of piperidine rings is 1. The van der Waals surface area contributed by atoms with Gasteiger partial charge in [-0.3, -0.25) is 9.59 Å². The number of nitrogens with two attached hydrogens (primary N) is 1. The fourth-order valence-corrected chi connectivity index (χ4v) is 2.03. The molecule has 0 radical (unpaired) electrons. The van der Waals surface area contributed by atoms with Crippen molar-refractivity contribution in [2.45, 2.75) is 45.7 Å². The van der Waals surface area contributed by atoms with E-state index in [1.807, 2.05) is 0 Å². The molecule has 2 amide bonds. The van der Waals surface area contributed by atoms with E-state index in [0.29, 0.717) is 0 Å². The average Bonchev–Trinajstić information content (AvgIpc) is 2.16. The van der Waals surface area contributed by atoms with Gasteiger partial charge in [-0.05, 0) is 31.7 Å². The molecule has 1 aliphatic rings. The van der Waals surface area contributed by atoms with Crippen LogP contribution in [0.4, 0.5) is 0 Å². The molecule has 92 valence electrons. The van der Waals surface area contributed by atoms with Crippen LogP contribution in [-0.2, 0) is 9.59 Å². The van der Waals surface area contributed by atoms with Crippen LogP contribution in [0.3, 0.4) is 0 Å². The Balaban J connectivity index is 2.62. The number of hydrogen-bond donors (Lipinski definition) is 3. The Labute approximate surface area is 96.1 Å². The van der Waals surface area contributed by atoms with Crippen LogP contribution in [0.15, 0.2) is 0 Å². The van der Waals surface area contributed by atoms with E-state index in [1.165, 1.54) is 0 Å². The van der Waals surface area contributed by atoms with E-state index in [9.17, 15) is 9.59 Å². The quantitative estimate of drug-likeness (QED) is 0.622. The van der Waals surface area contributed by atoms with Gasteiger partial charge in [0.15, 0.2) is 0 Å². The third kappa shape index (κ3) is 2.95. The van der Waals surface area contributed by atoms with Crippen molar-refractivity contribution in [3.63, 3.8) is 0 Å². The lowest BCUT2D eigenvalue weighted by Crippen LogP contribution is -2.58. The smallest absolute Gasteiger partial charge is 0.239 e. The summed E-state index contributed by atoms with van der Waals surface area (Å²) >= 11 is 0. The molecule has 0 aliphatic carbocycles. The molecule has 4 N–H and O–H groups in total. The Kier molecular flexibility index (Phi) is 3.91. The molecule has 0 aromatic rings. The summed E-state index contributed by atoms with van der Waals surface area (Å²) in [7, 11) is 0. The molecule has 5 nitrogen and oxygen atoms in total. The highest BCUT2D eigenvalue weighted by Gasteiger charge is 2.37. The van der Waals surface area contributed by atoms with Gasteiger partial charge in [-0.2, -0.15) is 0 Å². The third-order valence-corrected chi connectivity index (χ3v) is 3.18. The normalized spacial score (nSPS) is 25.8. The molecule has 0 spiro atoms. The van der Waals surface area contributed by atoms with Gasteiger partial charge in [0.05, 0.1) is 6.04 Å². The van der Waals surface area contributed by atoms with Crippen molar-refractivity contribution in [2.24, 2.45) is 11.1 Å². The zero-order chi connectivity index (χ0) is 12.3. The summed E-state index contributed by atoms with van der Waals surface area (Å²) in [6, 6.07) is -0.866. The van der Waals surface area contributed by atoms with E-state index < -0.39 is 11.9 Å². The zero-order valence-electron chi connectivity index (χ0n) is 10.2. The molecule has 2 atom stereocenters. The monoisotopic (exact) mass is 227 g/mol. The maximum atomic E-state index is 11.9. The molecule has 1 heterocycles. The molecule has 1 aliphatic heterocycles. The van der Waals surface area contributed by atoms with Gasteiger partial charge >= 0.3 is 0 Å². The number of rotatable bonds is 3. The van der Waals surface area contributed by atoms with Crippen molar-refractivity contribution < 1.29 is 9.59 Å². The van der Waals surface area contributed by atoms with Crippen molar-refractivity contribution in [1.29, 1.82) is 0 Å². The molecule has 0 aromatic carbocycles. The van der Waals surface area contributed by atoms with E-state index in [2.05, 4.69) is 24.5 Å². The molecule has 2 unspecified atom stereocenters. The highest BCUT2D eigenvalue weighted by molar-refractivity contribution is 5.89. The molecule has 1 rings (SSSR count). The number of hydrogen-bond acceptors (Lipinski definition) is 3. The first-order chi connectivity index (χ1) is 7.34. The van der Waals surface area contributed by atoms with Gasteiger partial charge in [0.2, 0.25) is 11.8 Å². The highest BCUT2D eigenvalue weighted by atomic mass is 16.2. The lowest BCUT2D eigenvalue weighted by Gasteiger charge is -2.38. The minimum atomic E-state index is -0.618. The zero-order valence-corrected chi connectivity index (χ0v) is 10.2. The average molecular weight is 227 g/mol. The molecular formula is C11H21N3O2. The lowest BCUT2D eigenvalue weighted by atomic mass is 9.77. The van der Waals surface area contributed by atoms with E-state index in [4.69, 9.17) is 5.73 Å². The lowest BCUT2D eigenvalue weighted by molar-refractivity contribution is -0.130. The molecule has 5 heteroatoms. The number of carbonyl (C=O) groups excluding carboxylic acids is 2. The predicted octanol–water partition coefficient (Wildman–Crippen LogP) is -0.245. The fraction of sp³-hybridized carbons (Fsp3) is 0.818. The van der Waals surface area contributed by atoms with Crippen LogP contribution in [0.2, 0.25) is 0 Å². The molecular weight excluding hydrogens is 206 g/mol. The van der Waals surface area contributed by atoms with Crippen LogP contribution in [-0.4, -0.2) is 30.4 Å². The molecule has 1 fully saturated rings. The SMILES string of the molecule is CC(NC(=O)C1NCCCC1(C)C)C(N)=O. The Bertz CT molecular complexity index is 289. The Morgan fingerprint density at radius 3 is 2.62 bits per heavy atom. The molecule has 1 saturated heterocycles. The standard InChI is InChI=1S/C11H21N3O2/c1-7(9(12)15)14-10(16)8-11(2,3)5-4-6-13-8/h7-8,13H,4-6H2,1-3H3,(H2,12,15)(H,14,16).